The van der Waals surface area contributed by atoms with Crippen LogP contribution < -0.4 is 14.2 Å². The molecule has 0 saturated heterocycles. The molecule has 0 heterocycles. The third-order valence-electron chi connectivity index (χ3n) is 9.13. The lowest BCUT2D eigenvalue weighted by Gasteiger charge is -2.21. The summed E-state index contributed by atoms with van der Waals surface area (Å²) in [6.07, 6.45) is 7.57. The summed E-state index contributed by atoms with van der Waals surface area (Å²) in [5.74, 6) is 3.66. The summed E-state index contributed by atoms with van der Waals surface area (Å²) in [5.41, 5.74) is 0. The second-order valence-corrected chi connectivity index (χ2v) is 13.2. The Hall–Kier alpha value is -3.36. The van der Waals surface area contributed by atoms with E-state index in [1.165, 1.54) is 25.7 Å². The summed E-state index contributed by atoms with van der Waals surface area (Å²) in [4.78, 5) is 0. The van der Waals surface area contributed by atoms with E-state index < -0.39 is 12.2 Å². The lowest BCUT2D eigenvalue weighted by Crippen LogP contribution is -2.25. The van der Waals surface area contributed by atoms with Crippen molar-refractivity contribution < 1.29 is 33.9 Å². The van der Waals surface area contributed by atoms with Gasteiger partial charge >= 0.3 is 0 Å². The van der Waals surface area contributed by atoms with Gasteiger partial charge in [0.15, 0.2) is 0 Å². The maximum Gasteiger partial charge on any atom is 0.135 e. The molecule has 4 aromatic rings. The Labute approximate surface area is 293 Å². The van der Waals surface area contributed by atoms with Crippen molar-refractivity contribution >= 4 is 21.5 Å². The molecule has 0 fully saturated rings. The van der Waals surface area contributed by atoms with Gasteiger partial charge in [-0.05, 0) is 55.0 Å². The minimum absolute atomic E-state index is 0.0713. The van der Waals surface area contributed by atoms with Crippen LogP contribution in [-0.2, 0) is 9.47 Å². The molecule has 0 amide bonds. The first-order valence-electron chi connectivity index (χ1n) is 18.5. The monoisotopic (exact) mass is 674 g/mol. The molecule has 4 aromatic carbocycles. The standard InChI is InChI=1S/C42H58O7/c1-5-9-16-31(7-3)25-45-27-33(43)29-47-41-37-20-14-15-21-38(37)42(48-30-34(44)28-46-26-32(8-4)17-10-6-2)40-24-36(22-23-39(40)41)49-35-18-12-11-13-19-35/h11-15,18-24,31-34,43-44H,5-10,16-17,25-30H2,1-4H3. The van der Waals surface area contributed by atoms with Crippen LogP contribution in [-0.4, -0.2) is 62.1 Å². The third kappa shape index (κ3) is 11.9. The summed E-state index contributed by atoms with van der Waals surface area (Å²) in [7, 11) is 0. The molecule has 0 saturated carbocycles. The maximum atomic E-state index is 10.9. The van der Waals surface area contributed by atoms with Gasteiger partial charge in [0.25, 0.3) is 0 Å². The van der Waals surface area contributed by atoms with E-state index in [2.05, 4.69) is 27.7 Å². The van der Waals surface area contributed by atoms with E-state index in [1.807, 2.05) is 72.8 Å². The van der Waals surface area contributed by atoms with Gasteiger partial charge in [0.2, 0.25) is 0 Å². The molecule has 4 rings (SSSR count). The van der Waals surface area contributed by atoms with Gasteiger partial charge < -0.3 is 33.9 Å². The van der Waals surface area contributed by atoms with E-state index in [-0.39, 0.29) is 26.4 Å². The van der Waals surface area contributed by atoms with Crippen molar-refractivity contribution in [2.24, 2.45) is 11.8 Å². The number of hydrogen-bond acceptors (Lipinski definition) is 7. The van der Waals surface area contributed by atoms with Crippen LogP contribution in [0.2, 0.25) is 0 Å². The molecular formula is C42H58O7. The second-order valence-electron chi connectivity index (χ2n) is 13.2. The van der Waals surface area contributed by atoms with Crippen molar-refractivity contribution in [1.29, 1.82) is 0 Å². The highest BCUT2D eigenvalue weighted by Gasteiger charge is 2.20. The number of hydrogen-bond donors (Lipinski definition) is 2. The molecule has 4 atom stereocenters. The molecule has 268 valence electrons. The number of aliphatic hydroxyl groups is 2. The van der Waals surface area contributed by atoms with E-state index in [0.717, 1.165) is 53.0 Å². The quantitative estimate of drug-likeness (QED) is 0.0716. The number of unbranched alkanes of at least 4 members (excludes halogenated alkanes) is 2. The van der Waals surface area contributed by atoms with Gasteiger partial charge in [0, 0.05) is 34.8 Å². The van der Waals surface area contributed by atoms with Crippen LogP contribution >= 0.6 is 0 Å². The first-order valence-corrected chi connectivity index (χ1v) is 18.5. The predicted octanol–water partition coefficient (Wildman–Crippen LogP) is 9.73. The summed E-state index contributed by atoms with van der Waals surface area (Å²) < 4.78 is 30.9. The van der Waals surface area contributed by atoms with Crippen molar-refractivity contribution in [3.8, 4) is 23.0 Å². The van der Waals surface area contributed by atoms with Gasteiger partial charge in [-0.3, -0.25) is 0 Å². The average Bonchev–Trinajstić information content (AvgIpc) is 3.12. The third-order valence-corrected chi connectivity index (χ3v) is 9.13. The van der Waals surface area contributed by atoms with Crippen LogP contribution in [0, 0.1) is 11.8 Å². The van der Waals surface area contributed by atoms with Gasteiger partial charge in [-0.2, -0.15) is 0 Å². The highest BCUT2D eigenvalue weighted by Crippen LogP contribution is 2.44. The zero-order chi connectivity index (χ0) is 34.8. The first kappa shape index (κ1) is 38.4. The molecule has 2 N–H and O–H groups in total. The molecule has 0 spiro atoms. The molecule has 4 unspecified atom stereocenters. The van der Waals surface area contributed by atoms with Crippen molar-refractivity contribution in [3.05, 3.63) is 72.8 Å². The maximum absolute atomic E-state index is 10.9. The molecule has 0 bridgehead atoms. The van der Waals surface area contributed by atoms with E-state index in [0.29, 0.717) is 42.3 Å². The minimum Gasteiger partial charge on any atom is -0.489 e. The van der Waals surface area contributed by atoms with Crippen LogP contribution in [0.25, 0.3) is 21.5 Å². The Morgan fingerprint density at radius 1 is 0.510 bits per heavy atom. The topological polar surface area (TPSA) is 86.6 Å². The molecule has 0 radical (unpaired) electrons. The van der Waals surface area contributed by atoms with E-state index in [4.69, 9.17) is 23.7 Å². The Morgan fingerprint density at radius 3 is 1.51 bits per heavy atom. The van der Waals surface area contributed by atoms with Gasteiger partial charge in [-0.15, -0.1) is 0 Å². The Morgan fingerprint density at radius 2 is 1.00 bits per heavy atom. The van der Waals surface area contributed by atoms with Crippen molar-refractivity contribution in [3.63, 3.8) is 0 Å². The fourth-order valence-electron chi connectivity index (χ4n) is 6.07. The molecule has 0 aliphatic carbocycles. The zero-order valence-electron chi connectivity index (χ0n) is 30.1. The zero-order valence-corrected chi connectivity index (χ0v) is 30.1. The van der Waals surface area contributed by atoms with Crippen LogP contribution in [0.3, 0.4) is 0 Å². The number of para-hydroxylation sites is 1. The highest BCUT2D eigenvalue weighted by atomic mass is 16.5. The normalized spacial score (nSPS) is 14.1. The lowest BCUT2D eigenvalue weighted by atomic mass is 10.00. The van der Waals surface area contributed by atoms with Crippen LogP contribution in [0.5, 0.6) is 23.0 Å². The molecule has 7 heteroatoms. The van der Waals surface area contributed by atoms with Gasteiger partial charge in [-0.1, -0.05) is 109 Å². The van der Waals surface area contributed by atoms with Crippen molar-refractivity contribution in [1.82, 2.24) is 0 Å². The first-order chi connectivity index (χ1) is 24.0. The second kappa shape index (κ2) is 21.0. The van der Waals surface area contributed by atoms with Crippen molar-refractivity contribution in [2.45, 2.75) is 91.3 Å². The van der Waals surface area contributed by atoms with E-state index in [9.17, 15) is 10.2 Å². The summed E-state index contributed by atoms with van der Waals surface area (Å²) in [6, 6.07) is 23.4. The van der Waals surface area contributed by atoms with E-state index in [1.54, 1.807) is 0 Å². The predicted molar refractivity (Wildman–Crippen MR) is 199 cm³/mol. The molecule has 0 aliphatic rings. The van der Waals surface area contributed by atoms with Crippen LogP contribution in [0.15, 0.2) is 72.8 Å². The van der Waals surface area contributed by atoms with Crippen LogP contribution in [0.4, 0.5) is 0 Å². The smallest absolute Gasteiger partial charge is 0.135 e. The SMILES string of the molecule is CCCCC(CC)COCC(O)COc1c2ccccc2c(OCC(O)COCC(CC)CCCC)c2cc(Oc3ccccc3)ccc12. The number of ether oxygens (including phenoxy) is 5. The summed E-state index contributed by atoms with van der Waals surface area (Å²) >= 11 is 0. The fraction of sp³-hybridized carbons (Fsp3) is 0.524. The molecule has 0 aliphatic heterocycles. The van der Waals surface area contributed by atoms with Gasteiger partial charge in [-0.25, -0.2) is 0 Å². The Balaban J connectivity index is 1.55. The Bertz CT molecular complexity index is 1510. The van der Waals surface area contributed by atoms with Gasteiger partial charge in [0.05, 0.1) is 13.2 Å². The number of aliphatic hydroxyl groups excluding tert-OH is 2. The largest absolute Gasteiger partial charge is 0.489 e. The molecular weight excluding hydrogens is 616 g/mol. The summed E-state index contributed by atoms with van der Waals surface area (Å²) in [5, 5.41) is 25.0. The van der Waals surface area contributed by atoms with Crippen molar-refractivity contribution in [2.75, 3.05) is 39.6 Å². The minimum atomic E-state index is -0.790. The highest BCUT2D eigenvalue weighted by molar-refractivity contribution is 6.11. The number of fused-ring (bicyclic) bond motifs is 2. The molecule has 49 heavy (non-hydrogen) atoms. The molecule has 0 aromatic heterocycles. The van der Waals surface area contributed by atoms with Crippen LogP contribution in [0.1, 0.15) is 79.1 Å². The average molecular weight is 675 g/mol. The number of rotatable bonds is 24. The molecule has 7 nitrogen and oxygen atoms in total. The van der Waals surface area contributed by atoms with E-state index >= 15 is 0 Å². The number of benzene rings is 4. The Kier molecular flexibility index (Phi) is 16.5. The summed E-state index contributed by atoms with van der Waals surface area (Å²) in [6.45, 7) is 10.6. The lowest BCUT2D eigenvalue weighted by molar-refractivity contribution is -0.000962. The fourth-order valence-corrected chi connectivity index (χ4v) is 6.07. The van der Waals surface area contributed by atoms with Gasteiger partial charge in [0.1, 0.15) is 48.4 Å².